The molecule has 0 N–H and O–H groups in total. The van der Waals surface area contributed by atoms with Crippen molar-refractivity contribution in [2.24, 2.45) is 0 Å². The fourth-order valence-corrected chi connectivity index (χ4v) is 12.8. The number of aryl methyl sites for hydroxylation is 1. The van der Waals surface area contributed by atoms with Crippen LogP contribution in [-0.2, 0) is 6.42 Å². The number of hydrogen-bond donors (Lipinski definition) is 0. The highest BCUT2D eigenvalue weighted by molar-refractivity contribution is 7.45. The van der Waals surface area contributed by atoms with E-state index in [2.05, 4.69) is 12.1 Å². The summed E-state index contributed by atoms with van der Waals surface area (Å²) < 4.78 is 0.218. The molecular weight excluding hydrogens is 316 g/mol. The van der Waals surface area contributed by atoms with E-state index in [0.29, 0.717) is 0 Å². The first kappa shape index (κ1) is 15.5. The molecule has 0 aliphatic carbocycles. The lowest BCUT2D eigenvalue weighted by Gasteiger charge is -2.12. The van der Waals surface area contributed by atoms with Crippen molar-refractivity contribution in [2.45, 2.75) is 22.9 Å². The van der Waals surface area contributed by atoms with Crippen LogP contribution in [0.2, 0.25) is 3.64 Å². The fourth-order valence-electron chi connectivity index (χ4n) is 1.55. The topological polar surface area (TPSA) is 0 Å². The molecule has 0 saturated heterocycles. The summed E-state index contributed by atoms with van der Waals surface area (Å²) in [5.74, 6) is 0. The maximum absolute atomic E-state index is 5.99. The lowest BCUT2D eigenvalue weighted by molar-refractivity contribution is 0.768. The second kappa shape index (κ2) is 8.53. The minimum absolute atomic E-state index is 0.218. The largest absolute Gasteiger partial charge is 0.511 e. The van der Waals surface area contributed by atoms with Gasteiger partial charge in [0.05, 0.1) is 0 Å². The molecule has 1 rings (SSSR count). The van der Waals surface area contributed by atoms with Gasteiger partial charge in [-0.15, -0.1) is 0 Å². The van der Waals surface area contributed by atoms with Gasteiger partial charge in [0.1, 0.15) is 0 Å². The molecule has 1 aromatic carbocycles. The molecule has 0 bridgehead atoms. The molecule has 86 valence electrons. The van der Waals surface area contributed by atoms with Gasteiger partial charge in [0.15, 0.2) is 0 Å². The van der Waals surface area contributed by atoms with E-state index in [4.69, 9.17) is 40.2 Å². The van der Waals surface area contributed by atoms with Gasteiger partial charge < -0.3 is 0 Å². The Labute approximate surface area is 122 Å². The number of rotatable bonds is 6. The molecule has 0 fully saturated rings. The number of halogens is 4. The van der Waals surface area contributed by atoms with Gasteiger partial charge in [-0.1, -0.05) is 46.8 Å². The van der Waals surface area contributed by atoms with Crippen LogP contribution in [0.4, 0.5) is 0 Å². The second-order valence-corrected chi connectivity index (χ2v) is 14.5. The second-order valence-electron chi connectivity index (χ2n) is 3.71. The zero-order valence-electron chi connectivity index (χ0n) is 8.75. The molecule has 0 atom stereocenters. The van der Waals surface area contributed by atoms with Crippen molar-refractivity contribution in [1.82, 2.24) is 0 Å². The van der Waals surface area contributed by atoms with Crippen molar-refractivity contribution < 1.29 is 0 Å². The van der Waals surface area contributed by atoms with E-state index >= 15 is 0 Å². The highest BCUT2D eigenvalue weighted by Gasteiger charge is 2.35. The summed E-state index contributed by atoms with van der Waals surface area (Å²) in [4.78, 5) is 0. The first-order chi connectivity index (χ1) is 7.61. The average Bonchev–Trinajstić information content (AvgIpc) is 2.24. The first-order valence-corrected chi connectivity index (χ1v) is 13.5. The lowest BCUT2D eigenvalue weighted by atomic mass is 10.1. The molecule has 0 aliphatic heterocycles. The van der Waals surface area contributed by atoms with Gasteiger partial charge in [0, 0.05) is 0 Å². The predicted octanol–water partition coefficient (Wildman–Crippen LogP) is 4.85. The molecule has 0 nitrogen and oxygen atoms in total. The van der Waals surface area contributed by atoms with Crippen LogP contribution in [0.1, 0.15) is 18.4 Å². The molecule has 0 spiro atoms. The Bertz CT molecular complexity index is 284. The molecule has 0 aliphatic rings. The van der Waals surface area contributed by atoms with E-state index in [9.17, 15) is 0 Å². The maximum Gasteiger partial charge on any atom is 0.511 e. The smallest absolute Gasteiger partial charge is 0.235 e. The number of benzene rings is 1. The third-order valence-electron chi connectivity index (χ3n) is 2.49. The molecule has 0 unspecified atom stereocenters. The van der Waals surface area contributed by atoms with Crippen LogP contribution in [0.15, 0.2) is 30.3 Å². The molecule has 0 heterocycles. The van der Waals surface area contributed by atoms with Gasteiger partial charge in [-0.25, -0.2) is 40.2 Å². The van der Waals surface area contributed by atoms with Crippen LogP contribution in [0.5, 0.6) is 0 Å². The Morgan fingerprint density at radius 2 is 1.50 bits per heavy atom. The molecule has 0 saturated carbocycles. The Balaban J connectivity index is 2.34. The van der Waals surface area contributed by atoms with Crippen LogP contribution in [0, 0.1) is 0 Å². The Morgan fingerprint density at radius 1 is 0.938 bits per heavy atom. The lowest BCUT2D eigenvalue weighted by Crippen LogP contribution is -2.18. The molecule has 16 heavy (non-hydrogen) atoms. The van der Waals surface area contributed by atoms with Crippen LogP contribution >= 0.6 is 40.2 Å². The van der Waals surface area contributed by atoms with Gasteiger partial charge in [0.2, 0.25) is 0 Å². The summed E-state index contributed by atoms with van der Waals surface area (Å²) in [5.41, 5.74) is 1.34. The van der Waals surface area contributed by atoms with Crippen LogP contribution in [-0.4, -0.2) is 24.6 Å². The first-order valence-electron chi connectivity index (χ1n) is 5.21. The highest BCUT2D eigenvalue weighted by Crippen LogP contribution is 2.30. The van der Waals surface area contributed by atoms with Gasteiger partial charge >= 0.3 is 24.6 Å². The molecule has 6 heteroatoms. The Kier molecular flexibility index (Phi) is 8.26. The van der Waals surface area contributed by atoms with Crippen molar-refractivity contribution >= 4 is 64.8 Å². The third kappa shape index (κ3) is 5.86. The summed E-state index contributed by atoms with van der Waals surface area (Å²) in [5, 5.41) is 0. The van der Waals surface area contributed by atoms with Gasteiger partial charge in [-0.2, -0.15) is 0 Å². The van der Waals surface area contributed by atoms with E-state index in [1.807, 2.05) is 18.2 Å². The van der Waals surface area contributed by atoms with Crippen molar-refractivity contribution in [3.63, 3.8) is 0 Å². The summed E-state index contributed by atoms with van der Waals surface area (Å²) in [7, 11) is 24.0. The summed E-state index contributed by atoms with van der Waals surface area (Å²) in [6.07, 6.45) is 3.06. The highest BCUT2D eigenvalue weighted by atomic mass is 35.7. The van der Waals surface area contributed by atoms with Crippen molar-refractivity contribution in [2.75, 3.05) is 0 Å². The summed E-state index contributed by atoms with van der Waals surface area (Å²) in [6.45, 7) is 0. The third-order valence-corrected chi connectivity index (χ3v) is 13.6. The zero-order valence-corrected chi connectivity index (χ0v) is 14.1. The van der Waals surface area contributed by atoms with Gasteiger partial charge in [-0.3, -0.25) is 0 Å². The van der Waals surface area contributed by atoms with Crippen molar-refractivity contribution in [3.8, 4) is 0 Å². The van der Waals surface area contributed by atoms with E-state index < -0.39 is 24.6 Å². The average molecular weight is 328 g/mol. The standard InChI is InChI=1S/C10H12.2Al.4ClH/c1-2-3-7-10-8-5-4-6-9-10;;;;;;/h1,4-6,8-9H,2-3,7H2;;;4*1H/q;2*+2;;;;/p-4. The predicted molar refractivity (Wildman–Crippen MR) is 78.1 cm³/mol. The fraction of sp³-hybridized carbons (Fsp3) is 0.400. The van der Waals surface area contributed by atoms with Crippen LogP contribution in [0.25, 0.3) is 0 Å². The van der Waals surface area contributed by atoms with Crippen LogP contribution in [0.3, 0.4) is 0 Å². The van der Waals surface area contributed by atoms with Gasteiger partial charge in [-0.05, 0) is 12.0 Å². The van der Waals surface area contributed by atoms with Crippen molar-refractivity contribution in [1.29, 1.82) is 0 Å². The zero-order chi connectivity index (χ0) is 12.0. The molecule has 0 amide bonds. The minimum atomic E-state index is -1.73. The Hall–Kier alpha value is 1.44. The van der Waals surface area contributed by atoms with E-state index in [1.54, 1.807) is 0 Å². The normalized spacial score (nSPS) is 10.6. The monoisotopic (exact) mass is 326 g/mol. The molecule has 0 aromatic heterocycles. The Morgan fingerprint density at radius 3 is 2.00 bits per heavy atom. The van der Waals surface area contributed by atoms with Crippen LogP contribution < -0.4 is 0 Å². The quantitative estimate of drug-likeness (QED) is 0.655. The maximum atomic E-state index is 5.99. The molecular formula is C10H12Al2Cl4. The van der Waals surface area contributed by atoms with Gasteiger partial charge in [0.25, 0.3) is 0 Å². The summed E-state index contributed by atoms with van der Waals surface area (Å²) >= 11 is -3.45. The number of hydrogen-bond acceptors (Lipinski definition) is 0. The van der Waals surface area contributed by atoms with E-state index in [1.165, 1.54) is 5.56 Å². The van der Waals surface area contributed by atoms with E-state index in [0.717, 1.165) is 19.3 Å². The SMILES string of the molecule is [Cl][Al]([Cl])[CH](CCCc1ccccc1)[Al]([Cl])[Cl]. The summed E-state index contributed by atoms with van der Waals surface area (Å²) in [6, 6.07) is 10.4. The molecule has 0 radical (unpaired) electrons. The van der Waals surface area contributed by atoms with E-state index in [-0.39, 0.29) is 3.64 Å². The van der Waals surface area contributed by atoms with Crippen molar-refractivity contribution in [3.05, 3.63) is 35.9 Å². The minimum Gasteiger partial charge on any atom is -0.235 e. The molecule has 1 aromatic rings.